The molecule has 1 unspecified atom stereocenters. The Labute approximate surface area is 91.0 Å². The fourth-order valence-electron chi connectivity index (χ4n) is 1.16. The Kier molecular flexibility index (Phi) is 4.03. The van der Waals surface area contributed by atoms with Crippen molar-refractivity contribution in [2.45, 2.75) is 26.4 Å². The molecule has 15 heavy (non-hydrogen) atoms. The number of anilines is 1. The molecule has 1 heterocycles. The highest BCUT2D eigenvalue weighted by Gasteiger charge is 2.11. The van der Waals surface area contributed by atoms with Gasteiger partial charge in [-0.2, -0.15) is 0 Å². The summed E-state index contributed by atoms with van der Waals surface area (Å²) in [6, 6.07) is 1.85. The Morgan fingerprint density at radius 2 is 2.07 bits per heavy atom. The van der Waals surface area contributed by atoms with Gasteiger partial charge in [-0.05, 0) is 12.0 Å². The van der Waals surface area contributed by atoms with Crippen molar-refractivity contribution in [2.75, 3.05) is 19.0 Å². The van der Waals surface area contributed by atoms with Gasteiger partial charge in [0.15, 0.2) is 0 Å². The van der Waals surface area contributed by atoms with Crippen LogP contribution in [0.15, 0.2) is 12.3 Å². The van der Waals surface area contributed by atoms with E-state index >= 15 is 0 Å². The summed E-state index contributed by atoms with van der Waals surface area (Å²) in [6.45, 7) is 4.00. The van der Waals surface area contributed by atoms with Gasteiger partial charge < -0.3 is 10.0 Å². The van der Waals surface area contributed by atoms with Crippen molar-refractivity contribution in [1.29, 1.82) is 0 Å². The molecule has 0 aliphatic rings. The Morgan fingerprint density at radius 3 is 2.60 bits per heavy atom. The number of hydrogen-bond donors (Lipinski definition) is 1. The van der Waals surface area contributed by atoms with Crippen LogP contribution in [0.1, 0.15) is 19.5 Å². The largest absolute Gasteiger partial charge is 0.392 e. The van der Waals surface area contributed by atoms with Crippen LogP contribution in [-0.4, -0.2) is 35.3 Å². The van der Waals surface area contributed by atoms with E-state index in [4.69, 9.17) is 0 Å². The molecular weight excluding hydrogens is 190 g/mol. The summed E-state index contributed by atoms with van der Waals surface area (Å²) in [7, 11) is 3.80. The van der Waals surface area contributed by atoms with Crippen molar-refractivity contribution >= 4 is 5.95 Å². The lowest BCUT2D eigenvalue weighted by Gasteiger charge is -2.15. The van der Waals surface area contributed by atoms with E-state index in [1.165, 1.54) is 0 Å². The Balaban J connectivity index is 2.73. The second-order valence-corrected chi connectivity index (χ2v) is 4.26. The molecule has 0 bridgehead atoms. The number of rotatable bonds is 4. The van der Waals surface area contributed by atoms with Crippen molar-refractivity contribution < 1.29 is 5.11 Å². The second kappa shape index (κ2) is 5.07. The van der Waals surface area contributed by atoms with Crippen LogP contribution in [0.5, 0.6) is 0 Å². The lowest BCUT2D eigenvalue weighted by molar-refractivity contribution is 0.124. The minimum atomic E-state index is -0.338. The van der Waals surface area contributed by atoms with Gasteiger partial charge in [-0.1, -0.05) is 13.8 Å². The van der Waals surface area contributed by atoms with Crippen LogP contribution in [0.4, 0.5) is 5.95 Å². The number of nitrogens with zero attached hydrogens (tertiary/aromatic N) is 3. The highest BCUT2D eigenvalue weighted by atomic mass is 16.3. The van der Waals surface area contributed by atoms with Gasteiger partial charge in [-0.25, -0.2) is 9.97 Å². The average Bonchev–Trinajstić information content (AvgIpc) is 2.18. The zero-order valence-corrected chi connectivity index (χ0v) is 9.81. The van der Waals surface area contributed by atoms with E-state index in [1.807, 2.05) is 38.9 Å². The first-order valence-corrected chi connectivity index (χ1v) is 5.18. The van der Waals surface area contributed by atoms with E-state index in [1.54, 1.807) is 6.20 Å². The lowest BCUT2D eigenvalue weighted by atomic mass is 10.0. The maximum absolute atomic E-state index is 9.74. The standard InChI is InChI=1S/C11H19N3O/c1-8(2)10(15)7-9-5-6-12-11(13-9)14(3)4/h5-6,8,10,15H,7H2,1-4H3. The molecule has 0 aliphatic carbocycles. The highest BCUT2D eigenvalue weighted by molar-refractivity contribution is 5.27. The molecular formula is C11H19N3O. The van der Waals surface area contributed by atoms with Gasteiger partial charge in [0.05, 0.1) is 6.10 Å². The molecule has 0 saturated heterocycles. The van der Waals surface area contributed by atoms with Gasteiger partial charge in [0, 0.05) is 32.4 Å². The molecule has 0 aromatic carbocycles. The zero-order chi connectivity index (χ0) is 11.4. The highest BCUT2D eigenvalue weighted by Crippen LogP contribution is 2.10. The number of aromatic nitrogens is 2. The molecule has 1 aromatic heterocycles. The van der Waals surface area contributed by atoms with Crippen molar-refractivity contribution in [3.63, 3.8) is 0 Å². The van der Waals surface area contributed by atoms with Crippen molar-refractivity contribution in [3.05, 3.63) is 18.0 Å². The third kappa shape index (κ3) is 3.47. The van der Waals surface area contributed by atoms with Crippen molar-refractivity contribution in [1.82, 2.24) is 9.97 Å². The van der Waals surface area contributed by atoms with E-state index < -0.39 is 0 Å². The second-order valence-electron chi connectivity index (χ2n) is 4.26. The van der Waals surface area contributed by atoms with Crippen LogP contribution in [0.2, 0.25) is 0 Å². The van der Waals surface area contributed by atoms with Crippen molar-refractivity contribution in [2.24, 2.45) is 5.92 Å². The van der Waals surface area contributed by atoms with Crippen LogP contribution >= 0.6 is 0 Å². The van der Waals surface area contributed by atoms with Gasteiger partial charge >= 0.3 is 0 Å². The average molecular weight is 209 g/mol. The molecule has 0 aliphatic heterocycles. The number of aliphatic hydroxyl groups excluding tert-OH is 1. The normalized spacial score (nSPS) is 12.9. The molecule has 0 amide bonds. The van der Waals surface area contributed by atoms with Gasteiger partial charge in [0.1, 0.15) is 0 Å². The molecule has 1 aromatic rings. The number of hydrogen-bond acceptors (Lipinski definition) is 4. The van der Waals surface area contributed by atoms with Gasteiger partial charge in [-0.3, -0.25) is 0 Å². The van der Waals surface area contributed by atoms with Crippen LogP contribution in [-0.2, 0) is 6.42 Å². The summed E-state index contributed by atoms with van der Waals surface area (Å²) in [5, 5.41) is 9.74. The van der Waals surface area contributed by atoms with E-state index in [0.29, 0.717) is 12.4 Å². The predicted octanol–water partition coefficient (Wildman–Crippen LogP) is 1.10. The summed E-state index contributed by atoms with van der Waals surface area (Å²) >= 11 is 0. The summed E-state index contributed by atoms with van der Waals surface area (Å²) in [4.78, 5) is 10.3. The molecule has 1 atom stereocenters. The minimum Gasteiger partial charge on any atom is -0.392 e. The molecule has 4 heteroatoms. The van der Waals surface area contributed by atoms with Gasteiger partial charge in [0.25, 0.3) is 0 Å². The topological polar surface area (TPSA) is 49.3 Å². The van der Waals surface area contributed by atoms with Gasteiger partial charge in [-0.15, -0.1) is 0 Å². The van der Waals surface area contributed by atoms with E-state index in [-0.39, 0.29) is 12.0 Å². The maximum Gasteiger partial charge on any atom is 0.224 e. The Hall–Kier alpha value is -1.16. The van der Waals surface area contributed by atoms with E-state index in [9.17, 15) is 5.11 Å². The monoisotopic (exact) mass is 209 g/mol. The van der Waals surface area contributed by atoms with Crippen LogP contribution in [0, 0.1) is 5.92 Å². The molecule has 0 fully saturated rings. The lowest BCUT2D eigenvalue weighted by Crippen LogP contribution is -2.19. The van der Waals surface area contributed by atoms with E-state index in [0.717, 1.165) is 5.69 Å². The molecule has 4 nitrogen and oxygen atoms in total. The zero-order valence-electron chi connectivity index (χ0n) is 9.81. The first-order chi connectivity index (χ1) is 7.00. The molecule has 0 saturated carbocycles. The molecule has 84 valence electrons. The van der Waals surface area contributed by atoms with Crippen molar-refractivity contribution in [3.8, 4) is 0 Å². The predicted molar refractivity (Wildman–Crippen MR) is 60.9 cm³/mol. The summed E-state index contributed by atoms with van der Waals surface area (Å²) in [5.74, 6) is 0.936. The third-order valence-electron chi connectivity index (χ3n) is 2.29. The summed E-state index contributed by atoms with van der Waals surface area (Å²) in [5.41, 5.74) is 0.884. The molecule has 1 rings (SSSR count). The fourth-order valence-corrected chi connectivity index (χ4v) is 1.16. The SMILES string of the molecule is CC(C)C(O)Cc1ccnc(N(C)C)n1. The minimum absolute atomic E-state index is 0.253. The maximum atomic E-state index is 9.74. The van der Waals surface area contributed by atoms with E-state index in [2.05, 4.69) is 9.97 Å². The molecule has 1 N–H and O–H groups in total. The smallest absolute Gasteiger partial charge is 0.224 e. The first-order valence-electron chi connectivity index (χ1n) is 5.18. The van der Waals surface area contributed by atoms with Crippen LogP contribution < -0.4 is 4.90 Å². The Bertz CT molecular complexity index is 312. The van der Waals surface area contributed by atoms with Crippen LogP contribution in [0.25, 0.3) is 0 Å². The number of aliphatic hydroxyl groups is 1. The van der Waals surface area contributed by atoms with Gasteiger partial charge in [0.2, 0.25) is 5.95 Å². The molecule has 0 spiro atoms. The first kappa shape index (κ1) is 11.9. The Morgan fingerprint density at radius 1 is 1.40 bits per heavy atom. The summed E-state index contributed by atoms with van der Waals surface area (Å²) in [6.07, 6.45) is 1.97. The fraction of sp³-hybridized carbons (Fsp3) is 0.636. The quantitative estimate of drug-likeness (QED) is 0.806. The van der Waals surface area contributed by atoms with Crippen LogP contribution in [0.3, 0.4) is 0 Å². The third-order valence-corrected chi connectivity index (χ3v) is 2.29. The summed E-state index contributed by atoms with van der Waals surface area (Å²) < 4.78 is 0. The molecule has 0 radical (unpaired) electrons.